The zero-order valence-corrected chi connectivity index (χ0v) is 15.2. The van der Waals surface area contributed by atoms with E-state index in [-0.39, 0.29) is 17.6 Å². The van der Waals surface area contributed by atoms with Crippen LogP contribution in [0.15, 0.2) is 59.4 Å². The Morgan fingerprint density at radius 1 is 1.04 bits per heavy atom. The highest BCUT2D eigenvalue weighted by atomic mass is 16.2. The molecular weight excluding hydrogens is 342 g/mol. The number of nitrogens with zero attached hydrogens (tertiary/aromatic N) is 1. The van der Waals surface area contributed by atoms with Crippen LogP contribution in [0.3, 0.4) is 0 Å². The summed E-state index contributed by atoms with van der Waals surface area (Å²) in [6, 6.07) is 16.9. The molecule has 0 aliphatic rings. The van der Waals surface area contributed by atoms with Gasteiger partial charge in [0.05, 0.1) is 11.4 Å². The van der Waals surface area contributed by atoms with E-state index in [2.05, 4.69) is 26.1 Å². The number of carbonyl (C=O) groups is 1. The Hall–Kier alpha value is -3.35. The Morgan fingerprint density at radius 3 is 2.52 bits per heavy atom. The first-order chi connectivity index (χ1) is 13.1. The molecule has 0 saturated heterocycles. The van der Waals surface area contributed by atoms with Crippen molar-refractivity contribution >= 4 is 22.6 Å². The summed E-state index contributed by atoms with van der Waals surface area (Å²) in [4.78, 5) is 23.7. The number of rotatable bonds is 7. The second kappa shape index (κ2) is 8.84. The number of benzene rings is 2. The van der Waals surface area contributed by atoms with E-state index in [1.807, 2.05) is 55.5 Å². The monoisotopic (exact) mass is 365 g/mol. The molecule has 1 atom stereocenters. The number of aromatic nitrogens is 2. The molecule has 0 aliphatic carbocycles. The Labute approximate surface area is 157 Å². The van der Waals surface area contributed by atoms with E-state index < -0.39 is 0 Å². The number of fused-ring (bicyclic) bond motifs is 1. The van der Waals surface area contributed by atoms with Crippen LogP contribution in [0.4, 0.5) is 10.6 Å². The van der Waals surface area contributed by atoms with Crippen LogP contribution in [-0.2, 0) is 0 Å². The smallest absolute Gasteiger partial charge is 0.315 e. The molecule has 0 fully saturated rings. The van der Waals surface area contributed by atoms with Crippen molar-refractivity contribution in [1.29, 1.82) is 0 Å². The average molecular weight is 365 g/mol. The summed E-state index contributed by atoms with van der Waals surface area (Å²) in [5.74, 6) is 0.632. The van der Waals surface area contributed by atoms with E-state index >= 15 is 0 Å². The molecule has 27 heavy (non-hydrogen) atoms. The number of urea groups is 1. The van der Waals surface area contributed by atoms with E-state index in [9.17, 15) is 9.59 Å². The summed E-state index contributed by atoms with van der Waals surface area (Å²) in [6.45, 7) is 3.10. The Morgan fingerprint density at radius 2 is 1.74 bits per heavy atom. The van der Waals surface area contributed by atoms with Gasteiger partial charge < -0.3 is 16.0 Å². The maximum absolute atomic E-state index is 12.0. The minimum atomic E-state index is -0.206. The molecule has 2 aromatic carbocycles. The first kappa shape index (κ1) is 18.4. The maximum atomic E-state index is 12.0. The van der Waals surface area contributed by atoms with Crippen LogP contribution in [0.25, 0.3) is 10.8 Å². The molecule has 4 N–H and O–H groups in total. The number of amides is 2. The van der Waals surface area contributed by atoms with Crippen molar-refractivity contribution in [3.63, 3.8) is 0 Å². The van der Waals surface area contributed by atoms with E-state index in [1.165, 1.54) is 0 Å². The number of hydrogen-bond acceptors (Lipinski definition) is 4. The van der Waals surface area contributed by atoms with Crippen molar-refractivity contribution in [2.45, 2.75) is 19.4 Å². The quantitative estimate of drug-likeness (QED) is 0.484. The molecule has 7 heteroatoms. The molecule has 140 valence electrons. The van der Waals surface area contributed by atoms with Crippen molar-refractivity contribution in [1.82, 2.24) is 20.8 Å². The number of H-pyrrole nitrogens is 1. The van der Waals surface area contributed by atoms with Crippen molar-refractivity contribution < 1.29 is 4.79 Å². The van der Waals surface area contributed by atoms with Gasteiger partial charge in [-0.1, -0.05) is 48.5 Å². The van der Waals surface area contributed by atoms with Gasteiger partial charge in [-0.05, 0) is 25.0 Å². The zero-order valence-electron chi connectivity index (χ0n) is 15.2. The molecule has 0 spiro atoms. The van der Waals surface area contributed by atoms with Crippen LogP contribution in [-0.4, -0.2) is 29.3 Å². The van der Waals surface area contributed by atoms with Crippen LogP contribution in [0.5, 0.6) is 0 Å². The third kappa shape index (κ3) is 4.84. The predicted octanol–water partition coefficient (Wildman–Crippen LogP) is 2.79. The van der Waals surface area contributed by atoms with E-state index in [1.54, 1.807) is 6.07 Å². The summed E-state index contributed by atoms with van der Waals surface area (Å²) < 4.78 is 0. The molecule has 0 saturated carbocycles. The largest absolute Gasteiger partial charge is 0.368 e. The lowest BCUT2D eigenvalue weighted by Crippen LogP contribution is -2.37. The van der Waals surface area contributed by atoms with Gasteiger partial charge in [0.15, 0.2) is 5.82 Å². The Kier molecular flexibility index (Phi) is 6.04. The first-order valence-corrected chi connectivity index (χ1v) is 8.96. The van der Waals surface area contributed by atoms with Gasteiger partial charge in [0.2, 0.25) is 0 Å². The molecule has 1 unspecified atom stereocenters. The van der Waals surface area contributed by atoms with Crippen LogP contribution in [0, 0.1) is 0 Å². The van der Waals surface area contributed by atoms with Gasteiger partial charge in [0.25, 0.3) is 5.56 Å². The lowest BCUT2D eigenvalue weighted by molar-refractivity contribution is 0.238. The van der Waals surface area contributed by atoms with Gasteiger partial charge >= 0.3 is 6.03 Å². The summed E-state index contributed by atoms with van der Waals surface area (Å²) in [5, 5.41) is 16.9. The van der Waals surface area contributed by atoms with Crippen LogP contribution in [0.2, 0.25) is 0 Å². The van der Waals surface area contributed by atoms with E-state index in [4.69, 9.17) is 0 Å². The highest BCUT2D eigenvalue weighted by molar-refractivity contribution is 5.90. The highest BCUT2D eigenvalue weighted by Crippen LogP contribution is 2.16. The topological polar surface area (TPSA) is 98.9 Å². The number of hydrogen-bond donors (Lipinski definition) is 4. The van der Waals surface area contributed by atoms with Gasteiger partial charge in [-0.2, -0.15) is 5.10 Å². The molecule has 3 rings (SSSR count). The fraction of sp³-hybridized carbons (Fsp3) is 0.250. The fourth-order valence-electron chi connectivity index (χ4n) is 2.82. The Bertz CT molecular complexity index is 955. The summed E-state index contributed by atoms with van der Waals surface area (Å²) >= 11 is 0. The van der Waals surface area contributed by atoms with Crippen molar-refractivity contribution in [3.8, 4) is 0 Å². The van der Waals surface area contributed by atoms with E-state index in [0.29, 0.717) is 24.3 Å². The zero-order chi connectivity index (χ0) is 19.1. The number of carbonyl (C=O) groups excluding carboxylic acids is 1. The number of aromatic amines is 1. The molecular formula is C20H23N5O2. The third-order valence-electron chi connectivity index (χ3n) is 4.27. The molecule has 7 nitrogen and oxygen atoms in total. The van der Waals surface area contributed by atoms with E-state index in [0.717, 1.165) is 17.4 Å². The summed E-state index contributed by atoms with van der Waals surface area (Å²) in [6.07, 6.45) is 0.724. The van der Waals surface area contributed by atoms with Crippen molar-refractivity contribution in [2.24, 2.45) is 0 Å². The lowest BCUT2D eigenvalue weighted by atomic mass is 10.1. The standard InChI is InChI=1S/C20H23N5O2/c1-14(15-8-3-2-4-9-15)23-20(27)22-13-7-12-21-18-16-10-5-6-11-17(16)19(26)25-24-18/h2-6,8-11,14H,7,12-13H2,1H3,(H,21,24)(H,25,26)(H2,22,23,27). The minimum Gasteiger partial charge on any atom is -0.368 e. The molecule has 0 radical (unpaired) electrons. The second-order valence-electron chi connectivity index (χ2n) is 6.26. The Balaban J connectivity index is 1.43. The van der Waals surface area contributed by atoms with Gasteiger partial charge in [-0.25, -0.2) is 9.89 Å². The van der Waals surface area contributed by atoms with Gasteiger partial charge in [0, 0.05) is 18.5 Å². The minimum absolute atomic E-state index is 0.0546. The van der Waals surface area contributed by atoms with Crippen LogP contribution < -0.4 is 21.5 Å². The van der Waals surface area contributed by atoms with Crippen molar-refractivity contribution in [3.05, 3.63) is 70.5 Å². The molecule has 0 aliphatic heterocycles. The van der Waals surface area contributed by atoms with Gasteiger partial charge in [0.1, 0.15) is 0 Å². The molecule has 1 heterocycles. The predicted molar refractivity (Wildman–Crippen MR) is 107 cm³/mol. The number of nitrogens with one attached hydrogen (secondary N) is 4. The van der Waals surface area contributed by atoms with Crippen LogP contribution in [0.1, 0.15) is 24.9 Å². The van der Waals surface area contributed by atoms with Crippen LogP contribution >= 0.6 is 0 Å². The molecule has 0 bridgehead atoms. The normalized spacial score (nSPS) is 11.7. The summed E-state index contributed by atoms with van der Waals surface area (Å²) in [5.41, 5.74) is 0.854. The second-order valence-corrected chi connectivity index (χ2v) is 6.26. The lowest BCUT2D eigenvalue weighted by Gasteiger charge is -2.15. The average Bonchev–Trinajstić information content (AvgIpc) is 2.70. The summed E-state index contributed by atoms with van der Waals surface area (Å²) in [7, 11) is 0. The SMILES string of the molecule is CC(NC(=O)NCCCNc1n[nH]c(=O)c2ccccc12)c1ccccc1. The third-order valence-corrected chi connectivity index (χ3v) is 4.27. The first-order valence-electron chi connectivity index (χ1n) is 8.96. The number of anilines is 1. The van der Waals surface area contributed by atoms with Gasteiger partial charge in [-0.15, -0.1) is 0 Å². The van der Waals surface area contributed by atoms with Gasteiger partial charge in [-0.3, -0.25) is 4.79 Å². The maximum Gasteiger partial charge on any atom is 0.315 e. The highest BCUT2D eigenvalue weighted by Gasteiger charge is 2.08. The van der Waals surface area contributed by atoms with Crippen molar-refractivity contribution in [2.75, 3.05) is 18.4 Å². The fourth-order valence-corrected chi connectivity index (χ4v) is 2.82. The molecule has 2 amide bonds. The molecule has 1 aromatic heterocycles. The molecule has 3 aromatic rings.